The fraction of sp³-hybridized carbons (Fsp3) is 0.188. The summed E-state index contributed by atoms with van der Waals surface area (Å²) in [5.41, 5.74) is -0.102. The molecular weight excluding hydrogens is 424 g/mol. The van der Waals surface area contributed by atoms with Crippen LogP contribution in [0.1, 0.15) is 10.4 Å². The number of hydrogen-bond acceptors (Lipinski definition) is 9. The van der Waals surface area contributed by atoms with Crippen LogP contribution in [-0.4, -0.2) is 62.5 Å². The maximum atomic E-state index is 12.6. The second kappa shape index (κ2) is 7.42. The van der Waals surface area contributed by atoms with Gasteiger partial charge in [-0.05, 0) is 11.5 Å². The van der Waals surface area contributed by atoms with Gasteiger partial charge in [0.2, 0.25) is 0 Å². The molecule has 29 heavy (non-hydrogen) atoms. The SMILES string of the molecule is COC(=O)c1c(OS(=O)(=O)c2ncn(S(=O)(=O)N(C)C)n2)ccc2ccccc12. The van der Waals surface area contributed by atoms with E-state index < -0.39 is 31.5 Å². The minimum Gasteiger partial charge on any atom is -0.465 e. The van der Waals surface area contributed by atoms with Gasteiger partial charge in [-0.2, -0.15) is 21.1 Å². The van der Waals surface area contributed by atoms with E-state index in [0.29, 0.717) is 14.9 Å². The van der Waals surface area contributed by atoms with Crippen molar-refractivity contribution in [2.45, 2.75) is 5.16 Å². The van der Waals surface area contributed by atoms with Gasteiger partial charge in [0.05, 0.1) is 7.11 Å². The quantitative estimate of drug-likeness (QED) is 0.399. The van der Waals surface area contributed by atoms with Crippen LogP contribution in [0.2, 0.25) is 0 Å². The van der Waals surface area contributed by atoms with Crippen molar-refractivity contribution in [1.29, 1.82) is 0 Å². The van der Waals surface area contributed by atoms with Gasteiger partial charge < -0.3 is 8.92 Å². The summed E-state index contributed by atoms with van der Waals surface area (Å²) in [5, 5.41) is 3.67. The number of rotatable bonds is 6. The summed E-state index contributed by atoms with van der Waals surface area (Å²) in [7, 11) is -5.06. The van der Waals surface area contributed by atoms with Crippen LogP contribution in [0.15, 0.2) is 47.9 Å². The topological polar surface area (TPSA) is 138 Å². The number of hydrogen-bond donors (Lipinski definition) is 0. The Morgan fingerprint density at radius 1 is 1.07 bits per heavy atom. The molecule has 0 spiro atoms. The van der Waals surface area contributed by atoms with Gasteiger partial charge in [-0.3, -0.25) is 0 Å². The molecule has 0 aliphatic carbocycles. The summed E-state index contributed by atoms with van der Waals surface area (Å²) in [6.07, 6.45) is 0.729. The molecule has 1 aromatic heterocycles. The highest BCUT2D eigenvalue weighted by atomic mass is 32.2. The Morgan fingerprint density at radius 3 is 2.41 bits per heavy atom. The molecule has 0 saturated heterocycles. The molecule has 2 aromatic carbocycles. The molecule has 0 saturated carbocycles. The van der Waals surface area contributed by atoms with Crippen LogP contribution >= 0.6 is 0 Å². The molecule has 0 unspecified atom stereocenters. The molecule has 13 heteroatoms. The standard InChI is InChI=1S/C16H16N4O7S2/c1-19(2)29(24,25)20-10-17-16(18-20)28(22,23)27-13-9-8-11-6-4-5-7-12(11)14(13)15(21)26-3/h4-10H,1-3H3. The van der Waals surface area contributed by atoms with Crippen molar-refractivity contribution in [3.05, 3.63) is 48.3 Å². The number of aromatic nitrogens is 3. The number of nitrogens with zero attached hydrogens (tertiary/aromatic N) is 4. The summed E-state index contributed by atoms with van der Waals surface area (Å²) in [5.74, 6) is -1.11. The maximum absolute atomic E-state index is 12.6. The van der Waals surface area contributed by atoms with Gasteiger partial charge in [0.15, 0.2) is 5.75 Å². The molecule has 0 N–H and O–H groups in total. The number of fused-ring (bicyclic) bond motifs is 1. The molecule has 0 bridgehead atoms. The molecule has 0 aliphatic heterocycles. The Labute approximate surface area is 166 Å². The smallest absolute Gasteiger partial charge is 0.377 e. The summed E-state index contributed by atoms with van der Waals surface area (Å²) >= 11 is 0. The van der Waals surface area contributed by atoms with Crippen LogP contribution in [0.4, 0.5) is 0 Å². The van der Waals surface area contributed by atoms with Crippen LogP contribution in [-0.2, 0) is 25.1 Å². The zero-order valence-electron chi connectivity index (χ0n) is 15.5. The molecule has 154 valence electrons. The number of carbonyl (C=O) groups excluding carboxylic acids is 1. The van der Waals surface area contributed by atoms with Crippen LogP contribution in [0.25, 0.3) is 10.8 Å². The summed E-state index contributed by atoms with van der Waals surface area (Å²) in [4.78, 5) is 15.8. The lowest BCUT2D eigenvalue weighted by atomic mass is 10.0. The molecular formula is C16H16N4O7S2. The van der Waals surface area contributed by atoms with Gasteiger partial charge in [0, 0.05) is 19.5 Å². The maximum Gasteiger partial charge on any atom is 0.377 e. The highest BCUT2D eigenvalue weighted by molar-refractivity contribution is 7.87. The van der Waals surface area contributed by atoms with Crippen LogP contribution < -0.4 is 4.18 Å². The van der Waals surface area contributed by atoms with E-state index >= 15 is 0 Å². The monoisotopic (exact) mass is 440 g/mol. The fourth-order valence-electron chi connectivity index (χ4n) is 2.42. The van der Waals surface area contributed by atoms with E-state index in [1.165, 1.54) is 20.2 Å². The average Bonchev–Trinajstić information content (AvgIpc) is 3.19. The molecule has 0 fully saturated rings. The van der Waals surface area contributed by atoms with Gasteiger partial charge in [0.1, 0.15) is 11.9 Å². The van der Waals surface area contributed by atoms with Gasteiger partial charge in [-0.1, -0.05) is 30.3 Å². The molecule has 3 rings (SSSR count). The lowest BCUT2D eigenvalue weighted by Gasteiger charge is -2.11. The first kappa shape index (κ1) is 20.7. The first-order chi connectivity index (χ1) is 13.6. The lowest BCUT2D eigenvalue weighted by molar-refractivity contribution is 0.0601. The largest absolute Gasteiger partial charge is 0.465 e. The third kappa shape index (κ3) is 3.79. The van der Waals surface area contributed by atoms with Crippen molar-refractivity contribution < 1.29 is 30.6 Å². The zero-order valence-corrected chi connectivity index (χ0v) is 17.1. The third-order valence-electron chi connectivity index (χ3n) is 3.85. The number of carbonyl (C=O) groups is 1. The fourth-order valence-corrected chi connectivity index (χ4v) is 3.96. The Morgan fingerprint density at radius 2 is 1.76 bits per heavy atom. The van der Waals surface area contributed by atoms with E-state index in [9.17, 15) is 21.6 Å². The molecule has 3 aromatic rings. The van der Waals surface area contributed by atoms with E-state index in [4.69, 9.17) is 8.92 Å². The van der Waals surface area contributed by atoms with E-state index in [0.717, 1.165) is 17.7 Å². The van der Waals surface area contributed by atoms with Crippen molar-refractivity contribution >= 4 is 37.1 Å². The molecule has 0 amide bonds. The Hall–Kier alpha value is -3.03. The normalized spacial score (nSPS) is 12.3. The predicted molar refractivity (Wildman–Crippen MR) is 101 cm³/mol. The second-order valence-electron chi connectivity index (χ2n) is 5.88. The second-order valence-corrected chi connectivity index (χ2v) is 9.32. The molecule has 1 heterocycles. The number of esters is 1. The van der Waals surface area contributed by atoms with Crippen molar-refractivity contribution in [3.63, 3.8) is 0 Å². The lowest BCUT2D eigenvalue weighted by Crippen LogP contribution is -2.29. The van der Waals surface area contributed by atoms with Gasteiger partial charge in [-0.15, -0.1) is 9.19 Å². The van der Waals surface area contributed by atoms with Crippen LogP contribution in [0.3, 0.4) is 0 Å². The molecule has 0 atom stereocenters. The van der Waals surface area contributed by atoms with E-state index in [-0.39, 0.29) is 11.3 Å². The van der Waals surface area contributed by atoms with Crippen molar-refractivity contribution in [2.24, 2.45) is 0 Å². The van der Waals surface area contributed by atoms with Crippen molar-refractivity contribution in [2.75, 3.05) is 21.2 Å². The zero-order chi connectivity index (χ0) is 21.4. The highest BCUT2D eigenvalue weighted by Crippen LogP contribution is 2.30. The van der Waals surface area contributed by atoms with Crippen molar-refractivity contribution in [1.82, 2.24) is 18.5 Å². The average molecular weight is 440 g/mol. The van der Waals surface area contributed by atoms with Crippen LogP contribution in [0.5, 0.6) is 5.75 Å². The summed E-state index contributed by atoms with van der Waals surface area (Å²) in [6.45, 7) is 0. The Balaban J connectivity index is 2.07. The molecule has 0 radical (unpaired) electrons. The minimum atomic E-state index is -4.65. The highest BCUT2D eigenvalue weighted by Gasteiger charge is 2.29. The minimum absolute atomic E-state index is 0.102. The summed E-state index contributed by atoms with van der Waals surface area (Å²) < 4.78 is 60.3. The summed E-state index contributed by atoms with van der Waals surface area (Å²) in [6, 6.07) is 9.62. The van der Waals surface area contributed by atoms with E-state index in [1.807, 2.05) is 0 Å². The third-order valence-corrected chi connectivity index (χ3v) is 6.46. The molecule has 0 aliphatic rings. The first-order valence-corrected chi connectivity index (χ1v) is 10.8. The Kier molecular flexibility index (Phi) is 5.30. The first-order valence-electron chi connectivity index (χ1n) is 7.97. The molecule has 11 nitrogen and oxygen atoms in total. The number of methoxy groups -OCH3 is 1. The van der Waals surface area contributed by atoms with E-state index in [1.54, 1.807) is 30.3 Å². The van der Waals surface area contributed by atoms with E-state index in [2.05, 4.69) is 10.1 Å². The predicted octanol–water partition coefficient (Wildman–Crippen LogP) is 0.640. The number of ether oxygens (including phenoxy) is 1. The number of benzene rings is 2. The van der Waals surface area contributed by atoms with Crippen molar-refractivity contribution in [3.8, 4) is 5.75 Å². The Bertz CT molecular complexity index is 1300. The van der Waals surface area contributed by atoms with Crippen LogP contribution in [0, 0.1) is 0 Å². The van der Waals surface area contributed by atoms with Gasteiger partial charge >= 0.3 is 31.5 Å². The van der Waals surface area contributed by atoms with Gasteiger partial charge in [-0.25, -0.2) is 9.78 Å². The van der Waals surface area contributed by atoms with Gasteiger partial charge in [0.25, 0.3) is 0 Å².